The Kier molecular flexibility index (Phi) is 5.06. The Hall–Kier alpha value is -2.05. The lowest BCUT2D eigenvalue weighted by Crippen LogP contribution is -2.45. The zero-order valence-electron chi connectivity index (χ0n) is 13.6. The van der Waals surface area contributed by atoms with Gasteiger partial charge in [-0.15, -0.1) is 11.3 Å². The first kappa shape index (κ1) is 16.8. The molecule has 1 saturated carbocycles. The molecule has 0 bridgehead atoms. The molecule has 0 radical (unpaired) electrons. The second-order valence-corrected chi connectivity index (χ2v) is 7.01. The molecule has 3 N–H and O–H groups in total. The van der Waals surface area contributed by atoms with Crippen molar-refractivity contribution in [3.05, 3.63) is 52.2 Å². The van der Waals surface area contributed by atoms with Gasteiger partial charge in [-0.1, -0.05) is 18.2 Å². The van der Waals surface area contributed by atoms with Crippen molar-refractivity contribution in [3.63, 3.8) is 0 Å². The molecular weight excluding hydrogens is 324 g/mol. The van der Waals surface area contributed by atoms with E-state index in [1.807, 2.05) is 41.8 Å². The summed E-state index contributed by atoms with van der Waals surface area (Å²) >= 11 is 1.53. The van der Waals surface area contributed by atoms with Crippen molar-refractivity contribution >= 4 is 17.4 Å². The smallest absolute Gasteiger partial charge is 0.315 e. The minimum atomic E-state index is -0.953. The summed E-state index contributed by atoms with van der Waals surface area (Å²) in [5, 5.41) is 18.5. The fraction of sp³-hybridized carbons (Fsp3) is 0.389. The van der Waals surface area contributed by atoms with E-state index < -0.39 is 5.60 Å². The van der Waals surface area contributed by atoms with Crippen molar-refractivity contribution in [3.8, 4) is 5.75 Å². The van der Waals surface area contributed by atoms with E-state index in [1.165, 1.54) is 11.3 Å². The first-order chi connectivity index (χ1) is 11.6. The lowest BCUT2D eigenvalue weighted by molar-refractivity contribution is 0.0196. The number of rotatable bonds is 7. The van der Waals surface area contributed by atoms with Gasteiger partial charge in [0.15, 0.2) is 0 Å². The molecule has 2 aromatic rings. The number of amides is 2. The summed E-state index contributed by atoms with van der Waals surface area (Å²) in [7, 11) is 1.62. The number of ether oxygens (including phenoxy) is 1. The standard InChI is InChI=1S/C18H22N2O3S/c1-23-15-8-4-13(5-9-15)11-19-17(21)20-12-18(22,14-6-7-14)16-3-2-10-24-16/h2-5,8-10,14,22H,6-7,11-12H2,1H3,(H2,19,20,21)/t18-/m1/s1. The molecule has 1 atom stereocenters. The van der Waals surface area contributed by atoms with Gasteiger partial charge in [0.1, 0.15) is 11.4 Å². The fourth-order valence-corrected chi connectivity index (χ4v) is 3.63. The highest BCUT2D eigenvalue weighted by Crippen LogP contribution is 2.46. The zero-order valence-corrected chi connectivity index (χ0v) is 14.4. The Morgan fingerprint density at radius 1 is 1.29 bits per heavy atom. The summed E-state index contributed by atoms with van der Waals surface area (Å²) < 4.78 is 5.11. The van der Waals surface area contributed by atoms with Gasteiger partial charge in [0.05, 0.1) is 13.7 Å². The van der Waals surface area contributed by atoms with Gasteiger partial charge in [-0.25, -0.2) is 4.79 Å². The maximum Gasteiger partial charge on any atom is 0.315 e. The quantitative estimate of drug-likeness (QED) is 0.722. The molecule has 1 heterocycles. The van der Waals surface area contributed by atoms with Crippen LogP contribution >= 0.6 is 11.3 Å². The van der Waals surface area contributed by atoms with E-state index in [1.54, 1.807) is 7.11 Å². The number of methoxy groups -OCH3 is 1. The molecular formula is C18H22N2O3S. The summed E-state index contributed by atoms with van der Waals surface area (Å²) in [5.74, 6) is 1.02. The molecule has 3 rings (SSSR count). The monoisotopic (exact) mass is 346 g/mol. The first-order valence-electron chi connectivity index (χ1n) is 8.03. The summed E-state index contributed by atoms with van der Waals surface area (Å²) in [6.45, 7) is 0.656. The molecule has 24 heavy (non-hydrogen) atoms. The van der Waals surface area contributed by atoms with E-state index in [0.717, 1.165) is 29.0 Å². The summed E-state index contributed by atoms with van der Waals surface area (Å²) in [4.78, 5) is 13.0. The molecule has 0 saturated heterocycles. The molecule has 1 aromatic heterocycles. The van der Waals surface area contributed by atoms with Crippen LogP contribution in [0.15, 0.2) is 41.8 Å². The topological polar surface area (TPSA) is 70.6 Å². The lowest BCUT2D eigenvalue weighted by Gasteiger charge is -2.27. The van der Waals surface area contributed by atoms with Gasteiger partial charge in [-0.3, -0.25) is 0 Å². The van der Waals surface area contributed by atoms with Gasteiger partial charge < -0.3 is 20.5 Å². The summed E-state index contributed by atoms with van der Waals surface area (Å²) in [5.41, 5.74) is 0.0349. The molecule has 1 fully saturated rings. The maximum atomic E-state index is 12.0. The van der Waals surface area contributed by atoms with Gasteiger partial charge >= 0.3 is 6.03 Å². The van der Waals surface area contributed by atoms with E-state index in [2.05, 4.69) is 10.6 Å². The SMILES string of the molecule is COc1ccc(CNC(=O)NC[C@](O)(c2cccs2)C2CC2)cc1. The third-order valence-electron chi connectivity index (χ3n) is 4.33. The number of nitrogens with one attached hydrogen (secondary N) is 2. The van der Waals surface area contributed by atoms with Crippen molar-refractivity contribution in [2.24, 2.45) is 5.92 Å². The van der Waals surface area contributed by atoms with Crippen molar-refractivity contribution in [1.29, 1.82) is 0 Å². The number of carbonyl (C=O) groups excluding carboxylic acids is 1. The number of hydrogen-bond donors (Lipinski definition) is 3. The molecule has 6 heteroatoms. The minimum Gasteiger partial charge on any atom is -0.497 e. The predicted molar refractivity (Wildman–Crippen MR) is 94.2 cm³/mol. The average molecular weight is 346 g/mol. The van der Waals surface area contributed by atoms with Crippen LogP contribution in [-0.4, -0.2) is 24.8 Å². The van der Waals surface area contributed by atoms with E-state index in [0.29, 0.717) is 6.54 Å². The summed E-state index contributed by atoms with van der Waals surface area (Å²) in [6.07, 6.45) is 2.01. The third-order valence-corrected chi connectivity index (χ3v) is 5.37. The highest BCUT2D eigenvalue weighted by Gasteiger charge is 2.45. The molecule has 1 aliphatic carbocycles. The molecule has 0 aliphatic heterocycles. The Labute approximate surface area is 145 Å². The second kappa shape index (κ2) is 7.23. The van der Waals surface area contributed by atoms with Crippen molar-refractivity contribution in [2.45, 2.75) is 25.0 Å². The summed E-state index contributed by atoms with van der Waals surface area (Å²) in [6, 6.07) is 11.1. The van der Waals surface area contributed by atoms with Crippen LogP contribution < -0.4 is 15.4 Å². The number of urea groups is 1. The Morgan fingerprint density at radius 3 is 2.62 bits per heavy atom. The normalized spacial score (nSPS) is 16.2. The van der Waals surface area contributed by atoms with Gasteiger partial charge in [-0.2, -0.15) is 0 Å². The fourth-order valence-electron chi connectivity index (χ4n) is 2.72. The number of carbonyl (C=O) groups is 1. The molecule has 1 aromatic carbocycles. The van der Waals surface area contributed by atoms with Gasteiger partial charge in [0.25, 0.3) is 0 Å². The van der Waals surface area contributed by atoms with Crippen LogP contribution in [-0.2, 0) is 12.1 Å². The minimum absolute atomic E-state index is 0.229. The lowest BCUT2D eigenvalue weighted by atomic mass is 9.96. The van der Waals surface area contributed by atoms with E-state index in [-0.39, 0.29) is 18.5 Å². The van der Waals surface area contributed by atoms with Gasteiger partial charge in [0.2, 0.25) is 0 Å². The molecule has 0 spiro atoms. The predicted octanol–water partition coefficient (Wildman–Crippen LogP) is 2.85. The Bertz CT molecular complexity index is 668. The van der Waals surface area contributed by atoms with Crippen LogP contribution in [0.5, 0.6) is 5.75 Å². The molecule has 0 unspecified atom stereocenters. The average Bonchev–Trinajstić information content (AvgIpc) is 3.33. The largest absolute Gasteiger partial charge is 0.497 e. The third kappa shape index (κ3) is 3.88. The van der Waals surface area contributed by atoms with Crippen LogP contribution in [0.25, 0.3) is 0 Å². The Morgan fingerprint density at radius 2 is 2.04 bits per heavy atom. The van der Waals surface area contributed by atoms with Crippen LogP contribution in [0.4, 0.5) is 4.79 Å². The number of benzene rings is 1. The number of thiophene rings is 1. The van der Waals surface area contributed by atoms with E-state index >= 15 is 0 Å². The number of hydrogen-bond acceptors (Lipinski definition) is 4. The second-order valence-electron chi connectivity index (χ2n) is 6.06. The number of aliphatic hydroxyl groups is 1. The zero-order chi connectivity index (χ0) is 17.0. The van der Waals surface area contributed by atoms with Gasteiger partial charge in [0, 0.05) is 11.4 Å². The van der Waals surface area contributed by atoms with Crippen LogP contribution in [0.3, 0.4) is 0 Å². The van der Waals surface area contributed by atoms with Crippen molar-refractivity contribution < 1.29 is 14.6 Å². The molecule has 1 aliphatic rings. The Balaban J connectivity index is 1.51. The van der Waals surface area contributed by atoms with Crippen molar-refractivity contribution in [1.82, 2.24) is 10.6 Å². The highest BCUT2D eigenvalue weighted by molar-refractivity contribution is 7.10. The highest BCUT2D eigenvalue weighted by atomic mass is 32.1. The molecule has 2 amide bonds. The van der Waals surface area contributed by atoms with E-state index in [4.69, 9.17) is 4.74 Å². The maximum absolute atomic E-state index is 12.0. The van der Waals surface area contributed by atoms with Gasteiger partial charge in [-0.05, 0) is 47.9 Å². The molecule has 5 nitrogen and oxygen atoms in total. The van der Waals surface area contributed by atoms with Crippen molar-refractivity contribution in [2.75, 3.05) is 13.7 Å². The van der Waals surface area contributed by atoms with Crippen LogP contribution in [0.2, 0.25) is 0 Å². The molecule has 128 valence electrons. The van der Waals surface area contributed by atoms with Crippen LogP contribution in [0.1, 0.15) is 23.3 Å². The van der Waals surface area contributed by atoms with Crippen LogP contribution in [0, 0.1) is 5.92 Å². The van der Waals surface area contributed by atoms with E-state index in [9.17, 15) is 9.90 Å². The first-order valence-corrected chi connectivity index (χ1v) is 8.91.